The van der Waals surface area contributed by atoms with Gasteiger partial charge in [0.15, 0.2) is 0 Å². The van der Waals surface area contributed by atoms with Crippen molar-refractivity contribution in [3.05, 3.63) is 34.9 Å². The van der Waals surface area contributed by atoms with Crippen molar-refractivity contribution in [3.8, 4) is 0 Å². The molecule has 1 aromatic carbocycles. The van der Waals surface area contributed by atoms with E-state index in [0.717, 1.165) is 29.9 Å². The average molecular weight is 252 g/mol. The first-order valence-electron chi connectivity index (χ1n) is 6.78. The Bertz CT molecular complexity index is 347. The molecule has 1 aliphatic rings. The molecule has 1 aliphatic carbocycles. The Morgan fingerprint density at radius 3 is 2.76 bits per heavy atom. The van der Waals surface area contributed by atoms with E-state index in [0.29, 0.717) is 0 Å². The first-order chi connectivity index (χ1) is 8.31. The second-order valence-corrected chi connectivity index (χ2v) is 5.39. The third kappa shape index (κ3) is 4.01. The summed E-state index contributed by atoms with van der Waals surface area (Å²) in [4.78, 5) is 0. The molecular weight excluding hydrogens is 230 g/mol. The number of hydrogen-bond donors (Lipinski definition) is 1. The number of halogens is 1. The van der Waals surface area contributed by atoms with E-state index in [1.807, 2.05) is 12.1 Å². The van der Waals surface area contributed by atoms with Crippen LogP contribution in [0.5, 0.6) is 0 Å². The Kier molecular flexibility index (Phi) is 4.87. The molecule has 0 radical (unpaired) electrons. The number of rotatable bonds is 7. The smallest absolute Gasteiger partial charge is 0.0437 e. The molecule has 0 heterocycles. The molecule has 2 rings (SSSR count). The van der Waals surface area contributed by atoms with Gasteiger partial charge in [-0.25, -0.2) is 0 Å². The number of benzene rings is 1. The van der Waals surface area contributed by atoms with Crippen LogP contribution in [0.4, 0.5) is 0 Å². The molecule has 0 amide bonds. The predicted molar refractivity (Wildman–Crippen MR) is 74.6 cm³/mol. The summed E-state index contributed by atoms with van der Waals surface area (Å²) in [5.41, 5.74) is 1.29. The quantitative estimate of drug-likeness (QED) is 0.771. The molecule has 94 valence electrons. The maximum atomic E-state index is 6.16. The Balaban J connectivity index is 1.76. The van der Waals surface area contributed by atoms with Gasteiger partial charge < -0.3 is 5.32 Å². The lowest BCUT2D eigenvalue weighted by atomic mass is 10.0. The lowest BCUT2D eigenvalue weighted by Crippen LogP contribution is -2.30. The minimum atomic E-state index is 0.738. The van der Waals surface area contributed by atoms with Gasteiger partial charge in [0, 0.05) is 11.1 Å². The van der Waals surface area contributed by atoms with E-state index >= 15 is 0 Å². The van der Waals surface area contributed by atoms with Gasteiger partial charge in [-0.3, -0.25) is 0 Å². The molecule has 2 heteroatoms. The molecule has 0 aromatic heterocycles. The largest absolute Gasteiger partial charge is 0.314 e. The van der Waals surface area contributed by atoms with E-state index in [2.05, 4.69) is 24.4 Å². The van der Waals surface area contributed by atoms with Crippen LogP contribution in [0.25, 0.3) is 0 Å². The standard InChI is InChI=1S/C15H22ClN/c1-2-17-15(13-10-11-13)9-5-7-12-6-3-4-8-14(12)16/h3-4,6,8,13,15,17H,2,5,7,9-11H2,1H3. The van der Waals surface area contributed by atoms with E-state index in [4.69, 9.17) is 11.6 Å². The van der Waals surface area contributed by atoms with Crippen LogP contribution >= 0.6 is 11.6 Å². The molecule has 1 fully saturated rings. The molecule has 1 atom stereocenters. The van der Waals surface area contributed by atoms with Crippen LogP contribution in [0.2, 0.25) is 5.02 Å². The number of aryl methyl sites for hydroxylation is 1. The van der Waals surface area contributed by atoms with Crippen molar-refractivity contribution >= 4 is 11.6 Å². The van der Waals surface area contributed by atoms with Crippen molar-refractivity contribution in [2.75, 3.05) is 6.54 Å². The fourth-order valence-electron chi connectivity index (χ4n) is 2.48. The SMILES string of the molecule is CCNC(CCCc1ccccc1Cl)C1CC1. The first-order valence-corrected chi connectivity index (χ1v) is 7.16. The first kappa shape index (κ1) is 12.9. The minimum Gasteiger partial charge on any atom is -0.314 e. The topological polar surface area (TPSA) is 12.0 Å². The summed E-state index contributed by atoms with van der Waals surface area (Å²) in [5.74, 6) is 0.946. The normalized spacial score (nSPS) is 17.1. The van der Waals surface area contributed by atoms with Crippen molar-refractivity contribution in [1.29, 1.82) is 0 Å². The highest BCUT2D eigenvalue weighted by molar-refractivity contribution is 6.31. The summed E-state index contributed by atoms with van der Waals surface area (Å²) < 4.78 is 0. The third-order valence-electron chi connectivity index (χ3n) is 3.58. The number of hydrogen-bond acceptors (Lipinski definition) is 1. The van der Waals surface area contributed by atoms with Crippen molar-refractivity contribution in [1.82, 2.24) is 5.32 Å². The van der Waals surface area contributed by atoms with Crippen LogP contribution in [0.15, 0.2) is 24.3 Å². The fraction of sp³-hybridized carbons (Fsp3) is 0.600. The Hall–Kier alpha value is -0.530. The summed E-state index contributed by atoms with van der Waals surface area (Å²) in [6.07, 6.45) is 6.46. The Morgan fingerprint density at radius 2 is 2.12 bits per heavy atom. The summed E-state index contributed by atoms with van der Waals surface area (Å²) in [7, 11) is 0. The van der Waals surface area contributed by atoms with Crippen molar-refractivity contribution in [2.45, 2.75) is 45.1 Å². The van der Waals surface area contributed by atoms with Gasteiger partial charge >= 0.3 is 0 Å². The molecule has 1 saturated carbocycles. The van der Waals surface area contributed by atoms with Gasteiger partial charge in [0.1, 0.15) is 0 Å². The molecule has 0 saturated heterocycles. The lowest BCUT2D eigenvalue weighted by molar-refractivity contribution is 0.434. The summed E-state index contributed by atoms with van der Waals surface area (Å²) >= 11 is 6.16. The summed E-state index contributed by atoms with van der Waals surface area (Å²) in [6.45, 7) is 3.29. The Labute approximate surface area is 110 Å². The van der Waals surface area contributed by atoms with E-state index in [9.17, 15) is 0 Å². The summed E-state index contributed by atoms with van der Waals surface area (Å²) in [5, 5.41) is 4.53. The zero-order valence-corrected chi connectivity index (χ0v) is 11.3. The molecule has 0 bridgehead atoms. The van der Waals surface area contributed by atoms with E-state index in [1.165, 1.54) is 31.2 Å². The monoisotopic (exact) mass is 251 g/mol. The highest BCUT2D eigenvalue weighted by atomic mass is 35.5. The van der Waals surface area contributed by atoms with Crippen molar-refractivity contribution in [2.24, 2.45) is 5.92 Å². The van der Waals surface area contributed by atoms with Gasteiger partial charge in [0.2, 0.25) is 0 Å². The molecule has 1 aromatic rings. The van der Waals surface area contributed by atoms with Gasteiger partial charge in [-0.2, -0.15) is 0 Å². The van der Waals surface area contributed by atoms with Crippen LogP contribution in [0.1, 0.15) is 38.2 Å². The second-order valence-electron chi connectivity index (χ2n) is 4.99. The minimum absolute atomic E-state index is 0.738. The molecule has 17 heavy (non-hydrogen) atoms. The molecule has 1 nitrogen and oxygen atoms in total. The van der Waals surface area contributed by atoms with Gasteiger partial charge in [-0.1, -0.05) is 36.7 Å². The van der Waals surface area contributed by atoms with Crippen LogP contribution in [-0.4, -0.2) is 12.6 Å². The highest BCUT2D eigenvalue weighted by Crippen LogP contribution is 2.34. The fourth-order valence-corrected chi connectivity index (χ4v) is 2.71. The van der Waals surface area contributed by atoms with Crippen LogP contribution < -0.4 is 5.32 Å². The van der Waals surface area contributed by atoms with E-state index in [-0.39, 0.29) is 0 Å². The zero-order valence-electron chi connectivity index (χ0n) is 10.6. The van der Waals surface area contributed by atoms with E-state index < -0.39 is 0 Å². The van der Waals surface area contributed by atoms with Crippen molar-refractivity contribution < 1.29 is 0 Å². The second kappa shape index (κ2) is 6.42. The molecule has 1 unspecified atom stereocenters. The van der Waals surface area contributed by atoms with Crippen LogP contribution in [-0.2, 0) is 6.42 Å². The highest BCUT2D eigenvalue weighted by Gasteiger charge is 2.29. The molecule has 1 N–H and O–H groups in total. The van der Waals surface area contributed by atoms with Gasteiger partial charge in [0.25, 0.3) is 0 Å². The van der Waals surface area contributed by atoms with Gasteiger partial charge in [0.05, 0.1) is 0 Å². The molecular formula is C15H22ClN. The van der Waals surface area contributed by atoms with Gasteiger partial charge in [-0.15, -0.1) is 0 Å². The molecule has 0 spiro atoms. The zero-order chi connectivity index (χ0) is 12.1. The van der Waals surface area contributed by atoms with Crippen LogP contribution in [0.3, 0.4) is 0 Å². The number of nitrogens with one attached hydrogen (secondary N) is 1. The lowest BCUT2D eigenvalue weighted by Gasteiger charge is -2.17. The maximum absolute atomic E-state index is 6.16. The van der Waals surface area contributed by atoms with Crippen molar-refractivity contribution in [3.63, 3.8) is 0 Å². The predicted octanol–water partition coefficient (Wildman–Crippen LogP) is 4.05. The third-order valence-corrected chi connectivity index (χ3v) is 3.95. The maximum Gasteiger partial charge on any atom is 0.0437 e. The molecule has 0 aliphatic heterocycles. The Morgan fingerprint density at radius 1 is 1.35 bits per heavy atom. The van der Waals surface area contributed by atoms with E-state index in [1.54, 1.807) is 0 Å². The average Bonchev–Trinajstić information content (AvgIpc) is 3.14. The summed E-state index contributed by atoms with van der Waals surface area (Å²) in [6, 6.07) is 8.94. The van der Waals surface area contributed by atoms with Crippen LogP contribution in [0, 0.1) is 5.92 Å². The van der Waals surface area contributed by atoms with Gasteiger partial charge in [-0.05, 0) is 56.2 Å².